The highest BCUT2D eigenvalue weighted by Gasteiger charge is 2.32. The number of rotatable bonds is 5. The van der Waals surface area contributed by atoms with Gasteiger partial charge in [-0.3, -0.25) is 0 Å². The van der Waals surface area contributed by atoms with Crippen molar-refractivity contribution in [3.05, 3.63) is 23.0 Å². The number of nitrogens with one attached hydrogen (secondary N) is 1. The van der Waals surface area contributed by atoms with E-state index in [1.54, 1.807) is 0 Å². The van der Waals surface area contributed by atoms with Crippen LogP contribution in [0.25, 0.3) is 0 Å². The Labute approximate surface area is 123 Å². The van der Waals surface area contributed by atoms with E-state index in [2.05, 4.69) is 43.8 Å². The van der Waals surface area contributed by atoms with Crippen LogP contribution in [0, 0.1) is 19.8 Å². The molecule has 0 spiro atoms. The minimum Gasteiger partial charge on any atom is -0.389 e. The van der Waals surface area contributed by atoms with Gasteiger partial charge >= 0.3 is 0 Å². The van der Waals surface area contributed by atoms with Crippen molar-refractivity contribution >= 4 is 0 Å². The predicted molar refractivity (Wildman–Crippen MR) is 83.8 cm³/mol. The van der Waals surface area contributed by atoms with E-state index < -0.39 is 5.60 Å². The molecule has 1 saturated carbocycles. The van der Waals surface area contributed by atoms with Crippen LogP contribution in [0.1, 0.15) is 56.0 Å². The van der Waals surface area contributed by atoms with Crippen LogP contribution in [0.2, 0.25) is 0 Å². The molecule has 20 heavy (non-hydrogen) atoms. The van der Waals surface area contributed by atoms with Gasteiger partial charge in [-0.05, 0) is 57.1 Å². The third kappa shape index (κ3) is 3.44. The summed E-state index contributed by atoms with van der Waals surface area (Å²) < 4.78 is 2.22. The van der Waals surface area contributed by atoms with Crippen LogP contribution >= 0.6 is 0 Å². The van der Waals surface area contributed by atoms with Gasteiger partial charge in [0.1, 0.15) is 0 Å². The Hall–Kier alpha value is -0.800. The third-order valence-corrected chi connectivity index (χ3v) is 5.26. The second-order valence-electron chi connectivity index (χ2n) is 6.63. The molecule has 0 amide bonds. The second-order valence-corrected chi connectivity index (χ2v) is 6.63. The Balaban J connectivity index is 1.82. The Bertz CT molecular complexity index is 442. The highest BCUT2D eigenvalue weighted by Crippen LogP contribution is 2.33. The zero-order valence-corrected chi connectivity index (χ0v) is 13.5. The minimum absolute atomic E-state index is 0.483. The fourth-order valence-corrected chi connectivity index (χ4v) is 3.34. The molecule has 0 radical (unpaired) electrons. The summed E-state index contributed by atoms with van der Waals surface area (Å²) in [6, 6.07) is 2.24. The van der Waals surface area contributed by atoms with Crippen LogP contribution in [-0.2, 0) is 13.6 Å². The normalized spacial score (nSPS) is 26.9. The first-order valence-corrected chi connectivity index (χ1v) is 8.00. The average molecular weight is 278 g/mol. The van der Waals surface area contributed by atoms with E-state index in [9.17, 15) is 5.11 Å². The molecule has 3 heteroatoms. The average Bonchev–Trinajstić information content (AvgIpc) is 2.67. The van der Waals surface area contributed by atoms with Crippen molar-refractivity contribution in [2.75, 3.05) is 6.54 Å². The SMILES string of the molecule is CCC1CCC(O)(CNCc2cc(C)n(C)c2C)CC1. The molecular formula is C17H30N2O. The molecule has 0 bridgehead atoms. The first-order valence-electron chi connectivity index (χ1n) is 8.00. The molecule has 3 nitrogen and oxygen atoms in total. The van der Waals surface area contributed by atoms with Crippen molar-refractivity contribution in [2.24, 2.45) is 13.0 Å². The summed E-state index contributed by atoms with van der Waals surface area (Å²) in [6.45, 7) is 8.12. The zero-order valence-electron chi connectivity index (χ0n) is 13.5. The van der Waals surface area contributed by atoms with Gasteiger partial charge in [-0.1, -0.05) is 13.3 Å². The van der Waals surface area contributed by atoms with Gasteiger partial charge in [0.25, 0.3) is 0 Å². The molecule has 2 N–H and O–H groups in total. The van der Waals surface area contributed by atoms with Gasteiger partial charge in [0.2, 0.25) is 0 Å². The van der Waals surface area contributed by atoms with Crippen molar-refractivity contribution in [1.29, 1.82) is 0 Å². The van der Waals surface area contributed by atoms with Gasteiger partial charge in [-0.25, -0.2) is 0 Å². The van der Waals surface area contributed by atoms with E-state index in [1.165, 1.54) is 36.2 Å². The summed E-state index contributed by atoms with van der Waals surface area (Å²) in [6.07, 6.45) is 5.51. The molecule has 0 aliphatic heterocycles. The van der Waals surface area contributed by atoms with Gasteiger partial charge in [-0.15, -0.1) is 0 Å². The molecule has 1 aromatic heterocycles. The van der Waals surface area contributed by atoms with Gasteiger partial charge in [-0.2, -0.15) is 0 Å². The quantitative estimate of drug-likeness (QED) is 0.868. The number of nitrogens with zero attached hydrogens (tertiary/aromatic N) is 1. The molecular weight excluding hydrogens is 248 g/mol. The molecule has 1 aliphatic rings. The molecule has 0 atom stereocenters. The molecule has 114 valence electrons. The van der Waals surface area contributed by atoms with Crippen molar-refractivity contribution in [3.8, 4) is 0 Å². The smallest absolute Gasteiger partial charge is 0.0771 e. The Morgan fingerprint density at radius 1 is 1.35 bits per heavy atom. The number of aromatic nitrogens is 1. The summed E-state index contributed by atoms with van der Waals surface area (Å²) >= 11 is 0. The fourth-order valence-electron chi connectivity index (χ4n) is 3.34. The number of aryl methyl sites for hydroxylation is 1. The highest BCUT2D eigenvalue weighted by molar-refractivity contribution is 5.26. The van der Waals surface area contributed by atoms with E-state index in [0.29, 0.717) is 0 Å². The standard InChI is InChI=1S/C17H30N2O/c1-5-15-6-8-17(20,9-7-15)12-18-11-16-10-13(2)19(4)14(16)3/h10,15,18,20H,5-9,11-12H2,1-4H3. The predicted octanol–water partition coefficient (Wildman–Crippen LogP) is 3.06. The van der Waals surface area contributed by atoms with Gasteiger partial charge in [0.05, 0.1) is 5.60 Å². The second kappa shape index (κ2) is 6.31. The number of aliphatic hydroxyl groups is 1. The van der Waals surface area contributed by atoms with Gasteiger partial charge in [0, 0.05) is 31.5 Å². The monoisotopic (exact) mass is 278 g/mol. The van der Waals surface area contributed by atoms with Crippen LogP contribution < -0.4 is 5.32 Å². The van der Waals surface area contributed by atoms with Gasteiger partial charge in [0.15, 0.2) is 0 Å². The van der Waals surface area contributed by atoms with Crippen LogP contribution in [0.15, 0.2) is 6.07 Å². The number of hydrogen-bond acceptors (Lipinski definition) is 2. The fraction of sp³-hybridized carbons (Fsp3) is 0.765. The molecule has 1 aliphatic carbocycles. The van der Waals surface area contributed by atoms with Crippen molar-refractivity contribution in [3.63, 3.8) is 0 Å². The van der Waals surface area contributed by atoms with Crippen molar-refractivity contribution < 1.29 is 5.11 Å². The lowest BCUT2D eigenvalue weighted by Crippen LogP contribution is -2.43. The summed E-state index contributed by atoms with van der Waals surface area (Å²) in [5, 5.41) is 14.1. The molecule has 1 aromatic rings. The summed E-state index contributed by atoms with van der Waals surface area (Å²) in [5.41, 5.74) is 3.47. The minimum atomic E-state index is -0.483. The lowest BCUT2D eigenvalue weighted by atomic mass is 9.78. The van der Waals surface area contributed by atoms with Gasteiger partial charge < -0.3 is 15.0 Å². The molecule has 0 unspecified atom stereocenters. The maximum absolute atomic E-state index is 10.6. The van der Waals surface area contributed by atoms with E-state index in [4.69, 9.17) is 0 Å². The molecule has 0 aromatic carbocycles. The summed E-state index contributed by atoms with van der Waals surface area (Å²) in [5.74, 6) is 0.828. The third-order valence-electron chi connectivity index (χ3n) is 5.26. The lowest BCUT2D eigenvalue weighted by Gasteiger charge is -2.36. The number of hydrogen-bond donors (Lipinski definition) is 2. The summed E-state index contributed by atoms with van der Waals surface area (Å²) in [4.78, 5) is 0. The van der Waals surface area contributed by atoms with E-state index in [1.807, 2.05) is 0 Å². The zero-order chi connectivity index (χ0) is 14.8. The van der Waals surface area contributed by atoms with Crippen molar-refractivity contribution in [1.82, 2.24) is 9.88 Å². The lowest BCUT2D eigenvalue weighted by molar-refractivity contribution is -0.00882. The Morgan fingerprint density at radius 3 is 2.50 bits per heavy atom. The maximum atomic E-state index is 10.6. The van der Waals surface area contributed by atoms with Crippen LogP contribution in [-0.4, -0.2) is 21.8 Å². The topological polar surface area (TPSA) is 37.2 Å². The van der Waals surface area contributed by atoms with Crippen LogP contribution in [0.5, 0.6) is 0 Å². The van der Waals surface area contributed by atoms with E-state index >= 15 is 0 Å². The summed E-state index contributed by atoms with van der Waals surface area (Å²) in [7, 11) is 2.10. The molecule has 0 saturated heterocycles. The van der Waals surface area contributed by atoms with Crippen molar-refractivity contribution in [2.45, 2.75) is 65.0 Å². The van der Waals surface area contributed by atoms with Crippen LogP contribution in [0.4, 0.5) is 0 Å². The Morgan fingerprint density at radius 2 is 2.00 bits per heavy atom. The maximum Gasteiger partial charge on any atom is 0.0771 e. The van der Waals surface area contributed by atoms with E-state index in [0.717, 1.165) is 31.8 Å². The molecule has 1 fully saturated rings. The van der Waals surface area contributed by atoms with Crippen LogP contribution in [0.3, 0.4) is 0 Å². The first kappa shape index (κ1) is 15.6. The largest absolute Gasteiger partial charge is 0.389 e. The molecule has 2 rings (SSSR count). The first-order chi connectivity index (χ1) is 9.45. The highest BCUT2D eigenvalue weighted by atomic mass is 16.3. The molecule has 1 heterocycles. The Kier molecular flexibility index (Phi) is 4.92. The van der Waals surface area contributed by atoms with E-state index in [-0.39, 0.29) is 0 Å².